The van der Waals surface area contributed by atoms with E-state index in [2.05, 4.69) is 5.32 Å². The predicted molar refractivity (Wildman–Crippen MR) is 115 cm³/mol. The summed E-state index contributed by atoms with van der Waals surface area (Å²) in [6, 6.07) is 20.1. The van der Waals surface area contributed by atoms with Gasteiger partial charge in [-0.25, -0.2) is 13.6 Å². The third kappa shape index (κ3) is 4.46. The van der Waals surface area contributed by atoms with Gasteiger partial charge < -0.3 is 15.2 Å². The fourth-order valence-electron chi connectivity index (χ4n) is 4.12. The molecule has 1 atom stereocenters. The van der Waals surface area contributed by atoms with Crippen molar-refractivity contribution < 1.29 is 28.2 Å². The molecule has 0 saturated carbocycles. The first-order chi connectivity index (χ1) is 15.4. The van der Waals surface area contributed by atoms with Gasteiger partial charge >= 0.3 is 12.1 Å². The number of aliphatic carboxylic acids is 1. The van der Waals surface area contributed by atoms with Crippen LogP contribution in [0.1, 0.15) is 47.1 Å². The van der Waals surface area contributed by atoms with E-state index in [9.17, 15) is 23.5 Å². The molecule has 0 aliphatic heterocycles. The van der Waals surface area contributed by atoms with Gasteiger partial charge in [-0.3, -0.25) is 4.79 Å². The van der Waals surface area contributed by atoms with Crippen molar-refractivity contribution in [3.05, 3.63) is 95.1 Å². The Kier molecular flexibility index (Phi) is 6.16. The maximum atomic E-state index is 13.0. The number of carbonyl (C=O) groups excluding carboxylic acids is 1. The van der Waals surface area contributed by atoms with Crippen LogP contribution in [0.3, 0.4) is 0 Å². The first-order valence-corrected chi connectivity index (χ1v) is 10.2. The van der Waals surface area contributed by atoms with E-state index in [1.807, 2.05) is 48.5 Å². The lowest BCUT2D eigenvalue weighted by molar-refractivity contribution is -0.137. The SMILES string of the molecule is O=C(O)CC(NC(=O)OCC1c2ccccc2-c2ccccc21)c1cccc(C(F)F)c1. The molecule has 3 aromatic carbocycles. The van der Waals surface area contributed by atoms with Crippen molar-refractivity contribution >= 4 is 12.1 Å². The third-order valence-electron chi connectivity index (χ3n) is 5.58. The highest BCUT2D eigenvalue weighted by Crippen LogP contribution is 2.44. The van der Waals surface area contributed by atoms with Crippen molar-refractivity contribution in [2.24, 2.45) is 0 Å². The lowest BCUT2D eigenvalue weighted by Crippen LogP contribution is -2.31. The molecule has 164 valence electrons. The molecule has 0 heterocycles. The zero-order chi connectivity index (χ0) is 22.7. The molecule has 7 heteroatoms. The molecule has 32 heavy (non-hydrogen) atoms. The van der Waals surface area contributed by atoms with E-state index in [1.54, 1.807) is 0 Å². The van der Waals surface area contributed by atoms with Crippen molar-refractivity contribution in [2.45, 2.75) is 24.8 Å². The van der Waals surface area contributed by atoms with E-state index >= 15 is 0 Å². The van der Waals surface area contributed by atoms with Gasteiger partial charge in [0.25, 0.3) is 6.43 Å². The second-order valence-corrected chi connectivity index (χ2v) is 7.59. The molecular formula is C25H21F2NO4. The summed E-state index contributed by atoms with van der Waals surface area (Å²) in [7, 11) is 0. The minimum absolute atomic E-state index is 0.0662. The van der Waals surface area contributed by atoms with Gasteiger partial charge in [0.1, 0.15) is 6.61 Å². The van der Waals surface area contributed by atoms with Crippen LogP contribution in [0.4, 0.5) is 13.6 Å². The average Bonchev–Trinajstić information content (AvgIpc) is 3.11. The second kappa shape index (κ2) is 9.18. The quantitative estimate of drug-likeness (QED) is 0.499. The lowest BCUT2D eigenvalue weighted by atomic mass is 9.98. The van der Waals surface area contributed by atoms with Crippen LogP contribution in [0.5, 0.6) is 0 Å². The van der Waals surface area contributed by atoms with Crippen LogP contribution in [-0.4, -0.2) is 23.8 Å². The Morgan fingerprint density at radius 1 is 0.906 bits per heavy atom. The van der Waals surface area contributed by atoms with Gasteiger partial charge in [0, 0.05) is 11.5 Å². The summed E-state index contributed by atoms with van der Waals surface area (Å²) in [5.41, 5.74) is 4.31. The number of ether oxygens (including phenoxy) is 1. The molecule has 3 aromatic rings. The zero-order valence-electron chi connectivity index (χ0n) is 17.0. The normalized spacial score (nSPS) is 13.3. The number of rotatable bonds is 7. The lowest BCUT2D eigenvalue weighted by Gasteiger charge is -2.20. The molecule has 1 aliphatic rings. The minimum atomic E-state index is -2.70. The van der Waals surface area contributed by atoms with Crippen molar-refractivity contribution in [3.8, 4) is 11.1 Å². The molecule has 1 amide bonds. The summed E-state index contributed by atoms with van der Waals surface area (Å²) in [6.45, 7) is 0.0662. The molecule has 1 unspecified atom stereocenters. The maximum absolute atomic E-state index is 13.0. The maximum Gasteiger partial charge on any atom is 0.407 e. The van der Waals surface area contributed by atoms with Crippen LogP contribution in [0.2, 0.25) is 0 Å². The Hall–Kier alpha value is -3.74. The van der Waals surface area contributed by atoms with Gasteiger partial charge in [0.05, 0.1) is 12.5 Å². The van der Waals surface area contributed by atoms with Gasteiger partial charge in [-0.1, -0.05) is 66.7 Å². The third-order valence-corrected chi connectivity index (χ3v) is 5.58. The molecule has 0 aromatic heterocycles. The molecule has 0 fully saturated rings. The number of carboxylic acid groups (broad SMARTS) is 1. The summed E-state index contributed by atoms with van der Waals surface area (Å²) >= 11 is 0. The van der Waals surface area contributed by atoms with Crippen LogP contribution >= 0.6 is 0 Å². The van der Waals surface area contributed by atoms with Crippen molar-refractivity contribution in [2.75, 3.05) is 6.61 Å². The largest absolute Gasteiger partial charge is 0.481 e. The molecule has 4 rings (SSSR count). The molecule has 0 radical (unpaired) electrons. The summed E-state index contributed by atoms with van der Waals surface area (Å²) in [5, 5.41) is 11.7. The highest BCUT2D eigenvalue weighted by molar-refractivity contribution is 5.79. The number of carboxylic acids is 1. The Bertz CT molecular complexity index is 1100. The Morgan fingerprint density at radius 2 is 1.50 bits per heavy atom. The Balaban J connectivity index is 1.49. The smallest absolute Gasteiger partial charge is 0.407 e. The fraction of sp³-hybridized carbons (Fsp3) is 0.200. The summed E-state index contributed by atoms with van der Waals surface area (Å²) in [4.78, 5) is 23.8. The number of alkyl halides is 2. The summed E-state index contributed by atoms with van der Waals surface area (Å²) in [6.07, 6.45) is -3.97. The molecule has 2 N–H and O–H groups in total. The van der Waals surface area contributed by atoms with Crippen molar-refractivity contribution in [3.63, 3.8) is 0 Å². The van der Waals surface area contributed by atoms with E-state index in [-0.39, 0.29) is 23.7 Å². The average molecular weight is 437 g/mol. The number of carbonyl (C=O) groups is 2. The van der Waals surface area contributed by atoms with Crippen LogP contribution in [-0.2, 0) is 9.53 Å². The van der Waals surface area contributed by atoms with Crippen LogP contribution < -0.4 is 5.32 Å². The van der Waals surface area contributed by atoms with Gasteiger partial charge in [-0.2, -0.15) is 0 Å². The topological polar surface area (TPSA) is 75.6 Å². The second-order valence-electron chi connectivity index (χ2n) is 7.59. The minimum Gasteiger partial charge on any atom is -0.481 e. The van der Waals surface area contributed by atoms with Gasteiger partial charge in [0.15, 0.2) is 0 Å². The van der Waals surface area contributed by atoms with E-state index in [4.69, 9.17) is 4.74 Å². The van der Waals surface area contributed by atoms with E-state index in [0.29, 0.717) is 0 Å². The van der Waals surface area contributed by atoms with Crippen LogP contribution in [0.25, 0.3) is 11.1 Å². The number of amides is 1. The number of alkyl carbamates (subject to hydrolysis) is 1. The highest BCUT2D eigenvalue weighted by Gasteiger charge is 2.29. The number of hydrogen-bond donors (Lipinski definition) is 2. The molecule has 0 saturated heterocycles. The van der Waals surface area contributed by atoms with Crippen LogP contribution in [0.15, 0.2) is 72.8 Å². The monoisotopic (exact) mass is 437 g/mol. The number of benzene rings is 3. The molecule has 0 spiro atoms. The Labute approximate surface area is 183 Å². The van der Waals surface area contributed by atoms with Crippen molar-refractivity contribution in [1.82, 2.24) is 5.32 Å². The van der Waals surface area contributed by atoms with Crippen LogP contribution in [0, 0.1) is 0 Å². The Morgan fingerprint density at radius 3 is 2.09 bits per heavy atom. The number of nitrogens with one attached hydrogen (secondary N) is 1. The highest BCUT2D eigenvalue weighted by atomic mass is 19.3. The number of halogens is 2. The standard InChI is InChI=1S/C25H21F2NO4/c26-24(27)16-7-5-6-15(12-16)22(13-23(29)30)28-25(31)32-14-21-19-10-3-1-8-17(19)18-9-2-4-11-20(18)21/h1-12,21-22,24H,13-14H2,(H,28,31)(H,29,30). The summed E-state index contributed by atoms with van der Waals surface area (Å²) in [5.74, 6) is -1.32. The molecule has 1 aliphatic carbocycles. The zero-order valence-corrected chi connectivity index (χ0v) is 17.0. The fourth-order valence-corrected chi connectivity index (χ4v) is 4.12. The molecule has 5 nitrogen and oxygen atoms in total. The van der Waals surface area contributed by atoms with E-state index < -0.39 is 31.0 Å². The number of fused-ring (bicyclic) bond motifs is 3. The number of hydrogen-bond acceptors (Lipinski definition) is 3. The first kappa shape index (κ1) is 21.5. The molecular weight excluding hydrogens is 416 g/mol. The van der Waals surface area contributed by atoms with Crippen molar-refractivity contribution in [1.29, 1.82) is 0 Å². The summed E-state index contributed by atoms with van der Waals surface area (Å²) < 4.78 is 31.5. The van der Waals surface area contributed by atoms with Gasteiger partial charge in [-0.05, 0) is 33.9 Å². The molecule has 0 bridgehead atoms. The predicted octanol–water partition coefficient (Wildman–Crippen LogP) is 5.68. The van der Waals surface area contributed by atoms with E-state index in [1.165, 1.54) is 24.3 Å². The van der Waals surface area contributed by atoms with E-state index in [0.717, 1.165) is 22.3 Å². The first-order valence-electron chi connectivity index (χ1n) is 10.2. The van der Waals surface area contributed by atoms with Gasteiger partial charge in [0.2, 0.25) is 0 Å². The van der Waals surface area contributed by atoms with Gasteiger partial charge in [-0.15, -0.1) is 0 Å².